The highest BCUT2D eigenvalue weighted by atomic mass is 35.5. The van der Waals surface area contributed by atoms with Crippen LogP contribution in [0, 0.1) is 6.92 Å². The summed E-state index contributed by atoms with van der Waals surface area (Å²) in [6, 6.07) is 1.79. The third-order valence-corrected chi connectivity index (χ3v) is 2.96. The van der Waals surface area contributed by atoms with Gasteiger partial charge in [0.05, 0.1) is 14.2 Å². The predicted molar refractivity (Wildman–Crippen MR) is 66.7 cm³/mol. The zero-order chi connectivity index (χ0) is 12.1. The summed E-state index contributed by atoms with van der Waals surface area (Å²) in [4.78, 5) is 0. The number of ether oxygens (including phenoxy) is 2. The molecule has 0 amide bonds. The van der Waals surface area contributed by atoms with E-state index >= 15 is 0 Å². The Morgan fingerprint density at radius 1 is 1.31 bits per heavy atom. The molecule has 0 bridgehead atoms. The highest BCUT2D eigenvalue weighted by Gasteiger charge is 2.14. The average molecular weight is 244 g/mol. The van der Waals surface area contributed by atoms with Crippen LogP contribution in [-0.2, 0) is 6.42 Å². The fraction of sp³-hybridized carbons (Fsp3) is 0.500. The maximum Gasteiger partial charge on any atom is 0.163 e. The SMILES string of the molecule is COc1cc(Cl)c(CCCN)c(C)c1OC. The number of hydrogen-bond donors (Lipinski definition) is 1. The van der Waals surface area contributed by atoms with Crippen LogP contribution in [-0.4, -0.2) is 20.8 Å². The lowest BCUT2D eigenvalue weighted by molar-refractivity contribution is 0.352. The molecular weight excluding hydrogens is 226 g/mol. The van der Waals surface area contributed by atoms with Crippen LogP contribution in [0.5, 0.6) is 11.5 Å². The Morgan fingerprint density at radius 2 is 2.00 bits per heavy atom. The van der Waals surface area contributed by atoms with E-state index in [1.54, 1.807) is 20.3 Å². The number of halogens is 1. The van der Waals surface area contributed by atoms with E-state index in [0.717, 1.165) is 29.7 Å². The van der Waals surface area contributed by atoms with Crippen molar-refractivity contribution in [1.82, 2.24) is 0 Å². The minimum atomic E-state index is 0.657. The lowest BCUT2D eigenvalue weighted by Gasteiger charge is -2.15. The standard InChI is InChI=1S/C12H18ClNO2/c1-8-9(5-4-6-14)10(13)7-11(15-2)12(8)16-3/h7H,4-6,14H2,1-3H3. The van der Waals surface area contributed by atoms with Gasteiger partial charge in [-0.2, -0.15) is 0 Å². The molecule has 1 aromatic carbocycles. The van der Waals surface area contributed by atoms with Gasteiger partial charge in [-0.25, -0.2) is 0 Å². The van der Waals surface area contributed by atoms with Gasteiger partial charge in [0.1, 0.15) is 0 Å². The third-order valence-electron chi connectivity index (χ3n) is 2.62. The van der Waals surface area contributed by atoms with E-state index < -0.39 is 0 Å². The van der Waals surface area contributed by atoms with Crippen LogP contribution in [0.2, 0.25) is 5.02 Å². The predicted octanol–water partition coefficient (Wildman–Crippen LogP) is 2.56. The largest absolute Gasteiger partial charge is 0.493 e. The van der Waals surface area contributed by atoms with Crippen LogP contribution in [0.15, 0.2) is 6.07 Å². The lowest BCUT2D eigenvalue weighted by atomic mass is 10.0. The van der Waals surface area contributed by atoms with E-state index in [9.17, 15) is 0 Å². The van der Waals surface area contributed by atoms with Gasteiger partial charge in [0.15, 0.2) is 11.5 Å². The Bertz CT molecular complexity index is 367. The zero-order valence-electron chi connectivity index (χ0n) is 9.97. The summed E-state index contributed by atoms with van der Waals surface area (Å²) in [6.45, 7) is 2.64. The van der Waals surface area contributed by atoms with Crippen molar-refractivity contribution in [2.75, 3.05) is 20.8 Å². The summed E-state index contributed by atoms with van der Waals surface area (Å²) < 4.78 is 10.6. The second-order valence-corrected chi connectivity index (χ2v) is 4.00. The molecule has 0 aliphatic rings. The molecule has 2 N–H and O–H groups in total. The highest BCUT2D eigenvalue weighted by Crippen LogP contribution is 2.37. The zero-order valence-corrected chi connectivity index (χ0v) is 10.7. The Balaban J connectivity index is 3.18. The van der Waals surface area contributed by atoms with E-state index in [-0.39, 0.29) is 0 Å². The van der Waals surface area contributed by atoms with Gasteiger partial charge in [0, 0.05) is 11.1 Å². The van der Waals surface area contributed by atoms with Crippen molar-refractivity contribution in [1.29, 1.82) is 0 Å². The highest BCUT2D eigenvalue weighted by molar-refractivity contribution is 6.31. The summed E-state index contributed by atoms with van der Waals surface area (Å²) in [5.74, 6) is 1.42. The van der Waals surface area contributed by atoms with Gasteiger partial charge >= 0.3 is 0 Å². The minimum Gasteiger partial charge on any atom is -0.493 e. The molecule has 0 atom stereocenters. The third kappa shape index (κ3) is 2.60. The molecule has 0 saturated carbocycles. The Labute approximate surface area is 101 Å². The first kappa shape index (κ1) is 13.1. The quantitative estimate of drug-likeness (QED) is 0.865. The van der Waals surface area contributed by atoms with Gasteiger partial charge in [-0.1, -0.05) is 11.6 Å². The first-order valence-electron chi connectivity index (χ1n) is 5.25. The molecule has 0 heterocycles. The number of rotatable bonds is 5. The molecule has 0 unspecified atom stereocenters. The Kier molecular flexibility index (Phi) is 4.90. The summed E-state index contributed by atoms with van der Waals surface area (Å²) in [6.07, 6.45) is 1.78. The minimum absolute atomic E-state index is 0.657. The number of nitrogens with two attached hydrogens (primary N) is 1. The van der Waals surface area contributed by atoms with Gasteiger partial charge in [-0.05, 0) is 37.4 Å². The van der Waals surface area contributed by atoms with Crippen molar-refractivity contribution < 1.29 is 9.47 Å². The smallest absolute Gasteiger partial charge is 0.163 e. The van der Waals surface area contributed by atoms with E-state index in [1.807, 2.05) is 6.92 Å². The van der Waals surface area contributed by atoms with Crippen molar-refractivity contribution in [2.45, 2.75) is 19.8 Å². The average Bonchev–Trinajstić information content (AvgIpc) is 2.28. The van der Waals surface area contributed by atoms with E-state index in [0.29, 0.717) is 17.3 Å². The first-order valence-corrected chi connectivity index (χ1v) is 5.63. The van der Waals surface area contributed by atoms with Gasteiger partial charge in [0.2, 0.25) is 0 Å². The second kappa shape index (κ2) is 5.97. The summed E-state index contributed by atoms with van der Waals surface area (Å²) in [5, 5.41) is 0.712. The van der Waals surface area contributed by atoms with E-state index in [1.165, 1.54) is 0 Å². The molecule has 1 rings (SSSR count). The molecule has 0 radical (unpaired) electrons. The van der Waals surface area contributed by atoms with Gasteiger partial charge in [-0.3, -0.25) is 0 Å². The summed E-state index contributed by atoms with van der Waals surface area (Å²) in [7, 11) is 3.23. The van der Waals surface area contributed by atoms with Crippen molar-refractivity contribution in [2.24, 2.45) is 5.73 Å². The maximum absolute atomic E-state index is 6.20. The maximum atomic E-state index is 6.20. The monoisotopic (exact) mass is 243 g/mol. The summed E-state index contributed by atoms with van der Waals surface area (Å²) in [5.41, 5.74) is 7.62. The van der Waals surface area contributed by atoms with Crippen molar-refractivity contribution in [3.05, 3.63) is 22.2 Å². The molecule has 0 aromatic heterocycles. The summed E-state index contributed by atoms with van der Waals surface area (Å²) >= 11 is 6.20. The van der Waals surface area contributed by atoms with E-state index in [4.69, 9.17) is 26.8 Å². The van der Waals surface area contributed by atoms with Gasteiger partial charge < -0.3 is 15.2 Å². The molecule has 3 nitrogen and oxygen atoms in total. The number of hydrogen-bond acceptors (Lipinski definition) is 3. The number of benzene rings is 1. The molecule has 16 heavy (non-hydrogen) atoms. The topological polar surface area (TPSA) is 44.5 Å². The molecule has 0 aliphatic heterocycles. The molecule has 0 saturated heterocycles. The van der Waals surface area contributed by atoms with Crippen molar-refractivity contribution >= 4 is 11.6 Å². The molecule has 0 aliphatic carbocycles. The van der Waals surface area contributed by atoms with Crippen LogP contribution >= 0.6 is 11.6 Å². The van der Waals surface area contributed by atoms with Crippen LogP contribution in [0.1, 0.15) is 17.5 Å². The molecule has 4 heteroatoms. The van der Waals surface area contributed by atoms with Crippen LogP contribution < -0.4 is 15.2 Å². The van der Waals surface area contributed by atoms with Crippen LogP contribution in [0.4, 0.5) is 0 Å². The van der Waals surface area contributed by atoms with Gasteiger partial charge in [0.25, 0.3) is 0 Å². The Hall–Kier alpha value is -0.930. The van der Waals surface area contributed by atoms with Crippen molar-refractivity contribution in [3.63, 3.8) is 0 Å². The normalized spacial score (nSPS) is 10.3. The fourth-order valence-corrected chi connectivity index (χ4v) is 2.10. The molecule has 90 valence electrons. The molecule has 1 aromatic rings. The van der Waals surface area contributed by atoms with Crippen LogP contribution in [0.3, 0.4) is 0 Å². The van der Waals surface area contributed by atoms with Crippen molar-refractivity contribution in [3.8, 4) is 11.5 Å². The van der Waals surface area contributed by atoms with Gasteiger partial charge in [-0.15, -0.1) is 0 Å². The Morgan fingerprint density at radius 3 is 2.50 bits per heavy atom. The van der Waals surface area contributed by atoms with Crippen LogP contribution in [0.25, 0.3) is 0 Å². The first-order chi connectivity index (χ1) is 7.65. The molecule has 0 fully saturated rings. The fourth-order valence-electron chi connectivity index (χ4n) is 1.76. The molecular formula is C12H18ClNO2. The van der Waals surface area contributed by atoms with E-state index in [2.05, 4.69) is 0 Å². The molecule has 0 spiro atoms. The second-order valence-electron chi connectivity index (χ2n) is 3.59. The number of methoxy groups -OCH3 is 2. The lowest BCUT2D eigenvalue weighted by Crippen LogP contribution is -2.03.